The normalized spacial score (nSPS) is 12.2. The molecule has 2 aromatic rings. The number of nitrogens with one attached hydrogen (secondary N) is 1. The van der Waals surface area contributed by atoms with Crippen molar-refractivity contribution in [2.24, 2.45) is 5.73 Å². The van der Waals surface area contributed by atoms with Gasteiger partial charge in [0, 0.05) is 24.6 Å². The number of rotatable bonds is 9. The van der Waals surface area contributed by atoms with E-state index in [0.29, 0.717) is 11.3 Å². The van der Waals surface area contributed by atoms with Crippen molar-refractivity contribution < 1.29 is 22.6 Å². The molecule has 0 heterocycles. The molecule has 0 fully saturated rings. The summed E-state index contributed by atoms with van der Waals surface area (Å²) in [6.07, 6.45) is 0. The molecule has 0 saturated heterocycles. The van der Waals surface area contributed by atoms with Crippen molar-refractivity contribution in [3.63, 3.8) is 0 Å². The quantitative estimate of drug-likeness (QED) is 0.238. The second-order valence-corrected chi connectivity index (χ2v) is 7.91. The fraction of sp³-hybridized carbons (Fsp3) is 0.235. The SMILES string of the molecule is NC(=S)NCC(CS(=O)(=O)O)c1ccc(OCc2ccc([N+](=O)[O-])cc2)cc1. The van der Waals surface area contributed by atoms with Crippen LogP contribution in [-0.2, 0) is 16.7 Å². The van der Waals surface area contributed by atoms with Crippen LogP contribution in [0, 0.1) is 10.1 Å². The Bertz CT molecular complexity index is 930. The van der Waals surface area contributed by atoms with Crippen LogP contribution in [0.2, 0.25) is 0 Å². The van der Waals surface area contributed by atoms with Gasteiger partial charge in [0.05, 0.1) is 10.7 Å². The van der Waals surface area contributed by atoms with Gasteiger partial charge in [-0.25, -0.2) is 0 Å². The zero-order valence-electron chi connectivity index (χ0n) is 14.6. The van der Waals surface area contributed by atoms with Gasteiger partial charge in [-0.2, -0.15) is 8.42 Å². The number of non-ortho nitro benzene ring substituents is 1. The number of nitrogens with zero attached hydrogens (tertiary/aromatic N) is 1. The van der Waals surface area contributed by atoms with Crippen LogP contribution < -0.4 is 15.8 Å². The number of nitro benzene ring substituents is 1. The Hall–Kier alpha value is -2.76. The lowest BCUT2D eigenvalue weighted by atomic mass is 10.0. The van der Waals surface area contributed by atoms with Crippen LogP contribution in [0.25, 0.3) is 0 Å². The monoisotopic (exact) mass is 425 g/mol. The van der Waals surface area contributed by atoms with Gasteiger partial charge in [0.1, 0.15) is 12.4 Å². The Labute approximate surface area is 167 Å². The van der Waals surface area contributed by atoms with Gasteiger partial charge in [-0.05, 0) is 47.6 Å². The summed E-state index contributed by atoms with van der Waals surface area (Å²) in [6, 6.07) is 12.7. The number of thiocarbonyl (C=S) groups is 1. The van der Waals surface area contributed by atoms with E-state index < -0.39 is 26.7 Å². The molecule has 0 aromatic heterocycles. The molecule has 1 unspecified atom stereocenters. The molecule has 0 radical (unpaired) electrons. The molecule has 0 bridgehead atoms. The van der Waals surface area contributed by atoms with E-state index in [-0.39, 0.29) is 24.0 Å². The van der Waals surface area contributed by atoms with Crippen LogP contribution in [0.5, 0.6) is 5.75 Å². The molecule has 0 amide bonds. The first-order valence-corrected chi connectivity index (χ1v) is 10.1. The maximum absolute atomic E-state index is 11.2. The van der Waals surface area contributed by atoms with Crippen LogP contribution in [0.3, 0.4) is 0 Å². The highest BCUT2D eigenvalue weighted by molar-refractivity contribution is 7.85. The van der Waals surface area contributed by atoms with E-state index in [4.69, 9.17) is 27.2 Å². The van der Waals surface area contributed by atoms with Crippen molar-refractivity contribution in [1.29, 1.82) is 0 Å². The Balaban J connectivity index is 2.03. The first kappa shape index (κ1) is 21.5. The van der Waals surface area contributed by atoms with Crippen molar-refractivity contribution in [1.82, 2.24) is 5.32 Å². The Morgan fingerprint density at radius 1 is 1.21 bits per heavy atom. The fourth-order valence-corrected chi connectivity index (χ4v) is 3.37. The molecular formula is C17H19N3O6S2. The number of nitro groups is 1. The third kappa shape index (κ3) is 7.10. The maximum atomic E-state index is 11.2. The van der Waals surface area contributed by atoms with Crippen LogP contribution >= 0.6 is 12.2 Å². The van der Waals surface area contributed by atoms with E-state index in [2.05, 4.69) is 5.32 Å². The van der Waals surface area contributed by atoms with Crippen molar-refractivity contribution in [2.75, 3.05) is 12.3 Å². The zero-order chi connectivity index (χ0) is 20.7. The summed E-state index contributed by atoms with van der Waals surface area (Å²) in [6.45, 7) is 0.368. The summed E-state index contributed by atoms with van der Waals surface area (Å²) in [7, 11) is -4.19. The van der Waals surface area contributed by atoms with Gasteiger partial charge < -0.3 is 15.8 Å². The molecule has 0 saturated carbocycles. The first-order chi connectivity index (χ1) is 13.1. The highest BCUT2D eigenvalue weighted by atomic mass is 32.2. The van der Waals surface area contributed by atoms with Crippen molar-refractivity contribution in [3.05, 3.63) is 69.8 Å². The van der Waals surface area contributed by atoms with Gasteiger partial charge in [0.2, 0.25) is 0 Å². The minimum atomic E-state index is -4.19. The third-order valence-electron chi connectivity index (χ3n) is 3.84. The largest absolute Gasteiger partial charge is 0.489 e. The van der Waals surface area contributed by atoms with Gasteiger partial charge >= 0.3 is 0 Å². The molecule has 4 N–H and O–H groups in total. The average molecular weight is 425 g/mol. The minimum absolute atomic E-state index is 0.00329. The number of benzene rings is 2. The molecular weight excluding hydrogens is 406 g/mol. The van der Waals surface area contributed by atoms with Gasteiger partial charge in [-0.1, -0.05) is 12.1 Å². The van der Waals surface area contributed by atoms with Gasteiger partial charge in [0.15, 0.2) is 5.11 Å². The second-order valence-electron chi connectivity index (χ2n) is 5.97. The first-order valence-electron chi connectivity index (χ1n) is 8.08. The van der Waals surface area contributed by atoms with E-state index in [9.17, 15) is 18.5 Å². The molecule has 1 atom stereocenters. The molecule has 0 spiro atoms. The van der Waals surface area contributed by atoms with Gasteiger partial charge in [-0.3, -0.25) is 14.7 Å². The summed E-state index contributed by atoms with van der Waals surface area (Å²) >= 11 is 4.73. The van der Waals surface area contributed by atoms with E-state index in [1.807, 2.05) is 0 Å². The topological polar surface area (TPSA) is 145 Å². The van der Waals surface area contributed by atoms with Crippen molar-refractivity contribution >= 4 is 33.1 Å². The Morgan fingerprint density at radius 2 is 1.82 bits per heavy atom. The molecule has 11 heteroatoms. The third-order valence-corrected chi connectivity index (χ3v) is 4.81. The number of ether oxygens (including phenoxy) is 1. The van der Waals surface area contributed by atoms with Gasteiger partial charge in [0.25, 0.3) is 15.8 Å². The van der Waals surface area contributed by atoms with E-state index in [0.717, 1.165) is 5.56 Å². The minimum Gasteiger partial charge on any atom is -0.489 e. The number of hydrogen-bond donors (Lipinski definition) is 3. The lowest BCUT2D eigenvalue weighted by molar-refractivity contribution is -0.384. The molecule has 150 valence electrons. The predicted molar refractivity (Wildman–Crippen MR) is 108 cm³/mol. The average Bonchev–Trinajstić information content (AvgIpc) is 2.63. The molecule has 2 rings (SSSR count). The van der Waals surface area contributed by atoms with Crippen molar-refractivity contribution in [3.8, 4) is 5.75 Å². The number of hydrogen-bond acceptors (Lipinski definition) is 6. The summed E-state index contributed by atoms with van der Waals surface area (Å²) in [4.78, 5) is 10.2. The molecule has 9 nitrogen and oxygen atoms in total. The van der Waals surface area contributed by atoms with Crippen molar-refractivity contribution in [2.45, 2.75) is 12.5 Å². The summed E-state index contributed by atoms with van der Waals surface area (Å²) < 4.78 is 37.3. The van der Waals surface area contributed by atoms with Crippen LogP contribution in [-0.4, -0.2) is 35.3 Å². The van der Waals surface area contributed by atoms with E-state index >= 15 is 0 Å². The lowest BCUT2D eigenvalue weighted by Gasteiger charge is -2.17. The Morgan fingerprint density at radius 3 is 2.32 bits per heavy atom. The zero-order valence-corrected chi connectivity index (χ0v) is 16.3. The van der Waals surface area contributed by atoms with E-state index in [1.165, 1.54) is 12.1 Å². The number of nitrogens with two attached hydrogens (primary N) is 1. The van der Waals surface area contributed by atoms with E-state index in [1.54, 1.807) is 36.4 Å². The smallest absolute Gasteiger partial charge is 0.269 e. The molecule has 0 aliphatic rings. The second kappa shape index (κ2) is 9.44. The fourth-order valence-electron chi connectivity index (χ4n) is 2.47. The maximum Gasteiger partial charge on any atom is 0.269 e. The summed E-state index contributed by atoms with van der Waals surface area (Å²) in [5.41, 5.74) is 6.80. The lowest BCUT2D eigenvalue weighted by Crippen LogP contribution is -2.34. The summed E-state index contributed by atoms with van der Waals surface area (Å²) in [5, 5.41) is 13.4. The summed E-state index contributed by atoms with van der Waals surface area (Å²) in [5.74, 6) is -0.499. The highest BCUT2D eigenvalue weighted by Crippen LogP contribution is 2.22. The highest BCUT2D eigenvalue weighted by Gasteiger charge is 2.19. The standard InChI is InChI=1S/C17H19N3O6S2/c18-17(27)19-9-14(11-28(23,24)25)13-3-7-16(8-4-13)26-10-12-1-5-15(6-2-12)20(21)22/h1-8,14H,9-11H2,(H3,18,19,27)(H,23,24,25). The van der Waals surface area contributed by atoms with Crippen LogP contribution in [0.4, 0.5) is 5.69 Å². The molecule has 2 aromatic carbocycles. The van der Waals surface area contributed by atoms with Gasteiger partial charge in [-0.15, -0.1) is 0 Å². The molecule has 0 aliphatic heterocycles. The molecule has 28 heavy (non-hydrogen) atoms. The van der Waals surface area contributed by atoms with Crippen LogP contribution in [0.1, 0.15) is 17.0 Å². The molecule has 0 aliphatic carbocycles. The van der Waals surface area contributed by atoms with Crippen LogP contribution in [0.15, 0.2) is 48.5 Å². The Kier molecular flexibility index (Phi) is 7.26. The predicted octanol–water partition coefficient (Wildman–Crippen LogP) is 1.98.